The Bertz CT molecular complexity index is 466. The van der Waals surface area contributed by atoms with E-state index in [2.05, 4.69) is 4.74 Å². The molecule has 0 aliphatic carbocycles. The predicted octanol–water partition coefficient (Wildman–Crippen LogP) is 1.23. The molecule has 1 aliphatic heterocycles. The highest BCUT2D eigenvalue weighted by atomic mass is 16.7. The Hall–Kier alpha value is -1.75. The Labute approximate surface area is 105 Å². The van der Waals surface area contributed by atoms with E-state index in [-0.39, 0.29) is 6.79 Å². The summed E-state index contributed by atoms with van der Waals surface area (Å²) in [4.78, 5) is 11.4. The Morgan fingerprint density at radius 1 is 1.39 bits per heavy atom. The van der Waals surface area contributed by atoms with Crippen LogP contribution in [0.4, 0.5) is 0 Å². The third-order valence-electron chi connectivity index (χ3n) is 3.22. The number of aliphatic hydroxyl groups excluding tert-OH is 1. The lowest BCUT2D eigenvalue weighted by atomic mass is 9.79. The molecule has 1 aromatic carbocycles. The van der Waals surface area contributed by atoms with Gasteiger partial charge in [0, 0.05) is 5.41 Å². The van der Waals surface area contributed by atoms with Gasteiger partial charge in [0.15, 0.2) is 17.6 Å². The van der Waals surface area contributed by atoms with Crippen molar-refractivity contribution in [3.05, 3.63) is 23.8 Å². The summed E-state index contributed by atoms with van der Waals surface area (Å²) < 4.78 is 15.1. The molecule has 1 N–H and O–H groups in total. The summed E-state index contributed by atoms with van der Waals surface area (Å²) in [6.07, 6.45) is -1.23. The van der Waals surface area contributed by atoms with Gasteiger partial charge in [-0.3, -0.25) is 0 Å². The molecule has 98 valence electrons. The molecule has 2 rings (SSSR count). The van der Waals surface area contributed by atoms with E-state index in [0.717, 1.165) is 5.56 Å². The van der Waals surface area contributed by atoms with Crippen molar-refractivity contribution in [1.29, 1.82) is 0 Å². The van der Waals surface area contributed by atoms with Gasteiger partial charge in [0.25, 0.3) is 0 Å². The van der Waals surface area contributed by atoms with E-state index in [9.17, 15) is 9.90 Å². The lowest BCUT2D eigenvalue weighted by molar-refractivity contribution is -0.153. The minimum absolute atomic E-state index is 0.193. The normalized spacial score (nSPS) is 15.3. The number of rotatable bonds is 3. The SMILES string of the molecule is COC(=O)C(O)C(C)(C)c1ccc2c(c1)OCO2. The summed E-state index contributed by atoms with van der Waals surface area (Å²) >= 11 is 0. The monoisotopic (exact) mass is 252 g/mol. The zero-order valence-electron chi connectivity index (χ0n) is 10.6. The van der Waals surface area contributed by atoms with Crippen molar-refractivity contribution in [2.75, 3.05) is 13.9 Å². The zero-order valence-corrected chi connectivity index (χ0v) is 10.6. The standard InChI is InChI=1S/C13H16O5/c1-13(2,11(14)12(15)16-3)8-4-5-9-10(6-8)18-7-17-9/h4-6,11,14H,7H2,1-3H3. The van der Waals surface area contributed by atoms with Gasteiger partial charge in [-0.2, -0.15) is 0 Å². The molecule has 18 heavy (non-hydrogen) atoms. The molecule has 1 heterocycles. The number of aliphatic hydroxyl groups is 1. The van der Waals surface area contributed by atoms with Gasteiger partial charge in [0.2, 0.25) is 6.79 Å². The zero-order chi connectivity index (χ0) is 13.3. The molecule has 1 unspecified atom stereocenters. The quantitative estimate of drug-likeness (QED) is 0.819. The van der Waals surface area contributed by atoms with Crippen LogP contribution in [0.2, 0.25) is 0 Å². The first-order chi connectivity index (χ1) is 8.46. The molecule has 0 bridgehead atoms. The molecule has 0 fully saturated rings. The molecule has 5 nitrogen and oxygen atoms in total. The molecule has 0 radical (unpaired) electrons. The van der Waals surface area contributed by atoms with Crippen molar-refractivity contribution in [1.82, 2.24) is 0 Å². The molecule has 0 amide bonds. The average Bonchev–Trinajstić information content (AvgIpc) is 2.83. The number of methoxy groups -OCH3 is 1. The van der Waals surface area contributed by atoms with Crippen molar-refractivity contribution >= 4 is 5.97 Å². The van der Waals surface area contributed by atoms with E-state index < -0.39 is 17.5 Å². The topological polar surface area (TPSA) is 65.0 Å². The molecular formula is C13H16O5. The molecular weight excluding hydrogens is 236 g/mol. The third kappa shape index (κ3) is 2.01. The second kappa shape index (κ2) is 4.49. The highest BCUT2D eigenvalue weighted by Crippen LogP contribution is 2.37. The second-order valence-corrected chi connectivity index (χ2v) is 4.72. The van der Waals surface area contributed by atoms with Crippen LogP contribution < -0.4 is 9.47 Å². The third-order valence-corrected chi connectivity index (χ3v) is 3.22. The first kappa shape index (κ1) is 12.7. The smallest absolute Gasteiger partial charge is 0.335 e. The second-order valence-electron chi connectivity index (χ2n) is 4.72. The van der Waals surface area contributed by atoms with Gasteiger partial charge < -0.3 is 19.3 Å². The average molecular weight is 252 g/mol. The summed E-state index contributed by atoms with van der Waals surface area (Å²) in [5.41, 5.74) is 0.0123. The first-order valence-electron chi connectivity index (χ1n) is 5.63. The van der Waals surface area contributed by atoms with Crippen LogP contribution in [-0.2, 0) is 14.9 Å². The van der Waals surface area contributed by atoms with Crippen molar-refractivity contribution in [2.24, 2.45) is 0 Å². The number of ether oxygens (including phenoxy) is 3. The van der Waals surface area contributed by atoms with Gasteiger partial charge >= 0.3 is 5.97 Å². The summed E-state index contributed by atoms with van der Waals surface area (Å²) in [5, 5.41) is 10.0. The Kier molecular flexibility index (Phi) is 3.17. The number of fused-ring (bicyclic) bond motifs is 1. The maximum absolute atomic E-state index is 11.4. The minimum atomic E-state index is -1.23. The Morgan fingerprint density at radius 2 is 2.06 bits per heavy atom. The minimum Gasteiger partial charge on any atom is -0.467 e. The summed E-state index contributed by atoms with van der Waals surface area (Å²) in [7, 11) is 1.25. The van der Waals surface area contributed by atoms with Crippen LogP contribution in [0.3, 0.4) is 0 Å². The maximum Gasteiger partial charge on any atom is 0.335 e. The van der Waals surface area contributed by atoms with Gasteiger partial charge in [-0.15, -0.1) is 0 Å². The fourth-order valence-electron chi connectivity index (χ4n) is 1.86. The van der Waals surface area contributed by atoms with Crippen LogP contribution >= 0.6 is 0 Å². The van der Waals surface area contributed by atoms with Crippen molar-refractivity contribution in [3.8, 4) is 11.5 Å². The highest BCUT2D eigenvalue weighted by Gasteiger charge is 2.36. The fraction of sp³-hybridized carbons (Fsp3) is 0.462. The number of benzene rings is 1. The molecule has 0 aromatic heterocycles. The number of carbonyl (C=O) groups excluding carboxylic acids is 1. The number of esters is 1. The van der Waals surface area contributed by atoms with Gasteiger partial charge in [-0.25, -0.2) is 4.79 Å². The summed E-state index contributed by atoms with van der Waals surface area (Å²) in [5.74, 6) is 0.636. The van der Waals surface area contributed by atoms with E-state index in [4.69, 9.17) is 9.47 Å². The molecule has 5 heteroatoms. The Morgan fingerprint density at radius 3 is 2.72 bits per heavy atom. The van der Waals surface area contributed by atoms with Crippen molar-refractivity contribution < 1.29 is 24.1 Å². The maximum atomic E-state index is 11.4. The summed E-state index contributed by atoms with van der Waals surface area (Å²) in [6, 6.07) is 5.34. The van der Waals surface area contributed by atoms with Crippen LogP contribution in [0.25, 0.3) is 0 Å². The van der Waals surface area contributed by atoms with Crippen LogP contribution in [0.1, 0.15) is 19.4 Å². The van der Waals surface area contributed by atoms with Crippen molar-refractivity contribution in [3.63, 3.8) is 0 Å². The predicted molar refractivity (Wildman–Crippen MR) is 63.6 cm³/mol. The van der Waals surface area contributed by atoms with Crippen LogP contribution in [0.15, 0.2) is 18.2 Å². The highest BCUT2D eigenvalue weighted by molar-refractivity contribution is 5.76. The number of hydrogen-bond donors (Lipinski definition) is 1. The van der Waals surface area contributed by atoms with Crippen LogP contribution in [0.5, 0.6) is 11.5 Å². The molecule has 0 saturated heterocycles. The fourth-order valence-corrected chi connectivity index (χ4v) is 1.86. The Balaban J connectivity index is 2.32. The molecule has 1 aliphatic rings. The lowest BCUT2D eigenvalue weighted by Crippen LogP contribution is -2.40. The van der Waals surface area contributed by atoms with Gasteiger partial charge in [-0.05, 0) is 17.7 Å². The van der Waals surface area contributed by atoms with Gasteiger partial charge in [0.05, 0.1) is 7.11 Å². The largest absolute Gasteiger partial charge is 0.467 e. The molecule has 1 aromatic rings. The molecule has 0 saturated carbocycles. The van der Waals surface area contributed by atoms with Gasteiger partial charge in [-0.1, -0.05) is 19.9 Å². The van der Waals surface area contributed by atoms with Crippen LogP contribution in [0, 0.1) is 0 Å². The van der Waals surface area contributed by atoms with E-state index in [0.29, 0.717) is 11.5 Å². The summed E-state index contributed by atoms with van der Waals surface area (Å²) in [6.45, 7) is 3.73. The van der Waals surface area contributed by atoms with Crippen molar-refractivity contribution in [2.45, 2.75) is 25.4 Å². The van der Waals surface area contributed by atoms with Gasteiger partial charge in [0.1, 0.15) is 0 Å². The number of carbonyl (C=O) groups is 1. The van der Waals surface area contributed by atoms with Crippen LogP contribution in [-0.4, -0.2) is 31.1 Å². The van der Waals surface area contributed by atoms with E-state index in [1.54, 1.807) is 32.0 Å². The van der Waals surface area contributed by atoms with E-state index in [1.807, 2.05) is 0 Å². The van der Waals surface area contributed by atoms with E-state index in [1.165, 1.54) is 7.11 Å². The lowest BCUT2D eigenvalue weighted by Gasteiger charge is -2.29. The van der Waals surface area contributed by atoms with E-state index >= 15 is 0 Å². The first-order valence-corrected chi connectivity index (χ1v) is 5.63. The number of hydrogen-bond acceptors (Lipinski definition) is 5. The molecule has 1 atom stereocenters. The molecule has 0 spiro atoms.